The zero-order valence-electron chi connectivity index (χ0n) is 20.6. The number of fused-ring (bicyclic) bond motifs is 4. The van der Waals surface area contributed by atoms with Crippen LogP contribution in [-0.2, 0) is 0 Å². The molecule has 0 saturated carbocycles. The fraction of sp³-hybridized carbons (Fsp3) is 0.0645. The average Bonchev–Trinajstić information content (AvgIpc) is 3.29. The summed E-state index contributed by atoms with van der Waals surface area (Å²) < 4.78 is 1.93. The molecule has 0 spiro atoms. The van der Waals surface area contributed by atoms with Crippen molar-refractivity contribution < 1.29 is 0 Å². The summed E-state index contributed by atoms with van der Waals surface area (Å²) in [5.41, 5.74) is 6.82. The van der Waals surface area contributed by atoms with E-state index < -0.39 is 0 Å². The van der Waals surface area contributed by atoms with Gasteiger partial charge in [-0.3, -0.25) is 0 Å². The van der Waals surface area contributed by atoms with E-state index in [0.29, 0.717) is 10.9 Å². The number of benzene rings is 4. The molecule has 184 valence electrons. The first kappa shape index (κ1) is 22.5. The lowest BCUT2D eigenvalue weighted by Crippen LogP contribution is -2.46. The summed E-state index contributed by atoms with van der Waals surface area (Å²) in [5, 5.41) is 9.20. The van der Waals surface area contributed by atoms with Gasteiger partial charge in [-0.1, -0.05) is 72.3 Å². The number of aryl methyl sites for hydroxylation is 1. The highest BCUT2D eigenvalue weighted by molar-refractivity contribution is 6.51. The molecule has 7 heteroatoms. The third kappa shape index (κ3) is 3.69. The molecule has 6 nitrogen and oxygen atoms in total. The van der Waals surface area contributed by atoms with Crippen molar-refractivity contribution in [2.75, 3.05) is 10.2 Å². The van der Waals surface area contributed by atoms with E-state index in [4.69, 9.17) is 26.7 Å². The highest BCUT2D eigenvalue weighted by Gasteiger charge is 2.41. The number of hydrogen-bond donors (Lipinski definition) is 1. The van der Waals surface area contributed by atoms with Gasteiger partial charge in [-0.15, -0.1) is 0 Å². The molecular formula is C31H23ClN6. The maximum atomic E-state index is 6.32. The maximum Gasteiger partial charge on any atom is 0.179 e. The summed E-state index contributed by atoms with van der Waals surface area (Å²) in [6.45, 7) is 2.05. The van der Waals surface area contributed by atoms with Gasteiger partial charge in [0.25, 0.3) is 0 Å². The van der Waals surface area contributed by atoms with Gasteiger partial charge in [-0.2, -0.15) is 5.10 Å². The molecule has 2 aliphatic rings. The molecule has 1 N–H and O–H groups in total. The van der Waals surface area contributed by atoms with Crippen LogP contribution < -0.4 is 10.2 Å². The van der Waals surface area contributed by atoms with E-state index in [2.05, 4.69) is 35.3 Å². The molecule has 0 unspecified atom stereocenters. The Bertz CT molecular complexity index is 1710. The maximum absolute atomic E-state index is 6.32. The summed E-state index contributed by atoms with van der Waals surface area (Å²) in [4.78, 5) is 12.6. The number of halogens is 1. The molecule has 38 heavy (non-hydrogen) atoms. The lowest BCUT2D eigenvalue weighted by molar-refractivity contribution is 0.815. The predicted molar refractivity (Wildman–Crippen MR) is 155 cm³/mol. The standard InChI is InChI=1S/C31H23ClN6/c1-20-27-28(21-16-18-22(32)19-17-21)37-26-15-9-8-14-25(26)34-29(33-23-10-4-2-5-11-23)31(37)35-30(27)38(36-20)24-12-6-3-7-13-24/h2-19,28H,1H3,(H,33,34)/t28-/m0/s1. The van der Waals surface area contributed by atoms with Crippen molar-refractivity contribution in [1.29, 1.82) is 0 Å². The Morgan fingerprint density at radius 2 is 1.45 bits per heavy atom. The Morgan fingerprint density at radius 3 is 2.21 bits per heavy atom. The van der Waals surface area contributed by atoms with Crippen LogP contribution in [0.4, 0.5) is 22.9 Å². The SMILES string of the molecule is Cc1nn(-c2ccccc2)c2c1[C@H](c1ccc(Cl)cc1)N1C(=N2)C(Nc2ccccc2)=Nc2ccccc21. The van der Waals surface area contributed by atoms with Crippen LogP contribution in [0.1, 0.15) is 22.9 Å². The summed E-state index contributed by atoms with van der Waals surface area (Å²) in [6, 6.07) is 36.2. The monoisotopic (exact) mass is 514 g/mol. The summed E-state index contributed by atoms with van der Waals surface area (Å²) >= 11 is 6.32. The number of hydrogen-bond acceptors (Lipinski definition) is 5. The highest BCUT2D eigenvalue weighted by atomic mass is 35.5. The van der Waals surface area contributed by atoms with Gasteiger partial charge in [0.15, 0.2) is 17.5 Å². The molecule has 0 amide bonds. The molecular weight excluding hydrogens is 492 g/mol. The van der Waals surface area contributed by atoms with Gasteiger partial charge in [0.05, 0.1) is 28.8 Å². The van der Waals surface area contributed by atoms with Gasteiger partial charge in [0.1, 0.15) is 0 Å². The van der Waals surface area contributed by atoms with Gasteiger partial charge in [0, 0.05) is 16.3 Å². The topological polar surface area (TPSA) is 57.8 Å². The Labute approximate surface area is 225 Å². The zero-order valence-corrected chi connectivity index (χ0v) is 21.3. The molecule has 1 aromatic heterocycles. The third-order valence-corrected chi connectivity index (χ3v) is 7.11. The first-order valence-electron chi connectivity index (χ1n) is 12.5. The van der Waals surface area contributed by atoms with Crippen LogP contribution in [0.3, 0.4) is 0 Å². The number of para-hydroxylation sites is 4. The minimum atomic E-state index is -0.184. The van der Waals surface area contributed by atoms with Crippen LogP contribution in [0.2, 0.25) is 5.02 Å². The highest BCUT2D eigenvalue weighted by Crippen LogP contribution is 2.48. The second-order valence-electron chi connectivity index (χ2n) is 9.27. The number of nitrogens with one attached hydrogen (secondary N) is 1. The van der Waals surface area contributed by atoms with E-state index >= 15 is 0 Å². The van der Waals surface area contributed by atoms with Crippen LogP contribution >= 0.6 is 11.6 Å². The fourth-order valence-corrected chi connectivity index (χ4v) is 5.29. The van der Waals surface area contributed by atoms with Crippen LogP contribution in [-0.4, -0.2) is 21.5 Å². The van der Waals surface area contributed by atoms with Gasteiger partial charge in [0.2, 0.25) is 0 Å². The Hall–Kier alpha value is -4.68. The van der Waals surface area contributed by atoms with Crippen molar-refractivity contribution in [1.82, 2.24) is 9.78 Å². The van der Waals surface area contributed by atoms with Crippen molar-refractivity contribution in [3.63, 3.8) is 0 Å². The molecule has 7 rings (SSSR count). The normalized spacial score (nSPS) is 15.6. The van der Waals surface area contributed by atoms with E-state index in [1.165, 1.54) is 0 Å². The summed E-state index contributed by atoms with van der Waals surface area (Å²) in [7, 11) is 0. The Kier molecular flexibility index (Phi) is 5.34. The number of anilines is 2. The van der Waals surface area contributed by atoms with Gasteiger partial charge in [-0.25, -0.2) is 14.7 Å². The number of aliphatic imine (C=N–C) groups is 2. The predicted octanol–water partition coefficient (Wildman–Crippen LogP) is 7.63. The second kappa shape index (κ2) is 9.01. The summed E-state index contributed by atoms with van der Waals surface area (Å²) in [6.07, 6.45) is 0. The first-order valence-corrected chi connectivity index (χ1v) is 12.8. The van der Waals surface area contributed by atoms with E-state index in [-0.39, 0.29) is 6.04 Å². The molecule has 0 fully saturated rings. The first-order chi connectivity index (χ1) is 18.7. The number of aromatic nitrogens is 2. The number of nitrogens with zero attached hydrogens (tertiary/aromatic N) is 5. The Morgan fingerprint density at radius 1 is 0.763 bits per heavy atom. The Balaban J connectivity index is 1.51. The second-order valence-corrected chi connectivity index (χ2v) is 9.71. The molecule has 0 saturated heterocycles. The van der Waals surface area contributed by atoms with Gasteiger partial charge < -0.3 is 10.2 Å². The van der Waals surface area contributed by atoms with Crippen LogP contribution in [0, 0.1) is 6.92 Å². The molecule has 0 aliphatic carbocycles. The number of amidine groups is 2. The van der Waals surface area contributed by atoms with Gasteiger partial charge in [-0.05, 0) is 61.0 Å². The van der Waals surface area contributed by atoms with E-state index in [9.17, 15) is 0 Å². The summed E-state index contributed by atoms with van der Waals surface area (Å²) in [5.74, 6) is 2.21. The number of rotatable bonds is 3. The molecule has 4 aromatic carbocycles. The minimum absolute atomic E-state index is 0.184. The largest absolute Gasteiger partial charge is 0.337 e. The molecule has 0 bridgehead atoms. The lowest BCUT2D eigenvalue weighted by atomic mass is 9.93. The molecule has 0 radical (unpaired) electrons. The smallest absolute Gasteiger partial charge is 0.179 e. The average molecular weight is 515 g/mol. The fourth-order valence-electron chi connectivity index (χ4n) is 5.17. The van der Waals surface area contributed by atoms with Crippen LogP contribution in [0.5, 0.6) is 0 Å². The van der Waals surface area contributed by atoms with Crippen LogP contribution in [0.25, 0.3) is 5.69 Å². The minimum Gasteiger partial charge on any atom is -0.337 e. The van der Waals surface area contributed by atoms with Crippen LogP contribution in [0.15, 0.2) is 119 Å². The van der Waals surface area contributed by atoms with E-state index in [1.807, 2.05) is 95.7 Å². The zero-order chi connectivity index (χ0) is 25.6. The lowest BCUT2D eigenvalue weighted by Gasteiger charge is -2.40. The van der Waals surface area contributed by atoms with Crippen molar-refractivity contribution in [3.8, 4) is 5.69 Å². The quantitative estimate of drug-likeness (QED) is 0.269. The molecule has 3 heterocycles. The van der Waals surface area contributed by atoms with Crippen molar-refractivity contribution >= 4 is 46.2 Å². The van der Waals surface area contributed by atoms with Crippen molar-refractivity contribution in [3.05, 3.63) is 131 Å². The van der Waals surface area contributed by atoms with Crippen molar-refractivity contribution in [2.24, 2.45) is 9.98 Å². The third-order valence-electron chi connectivity index (χ3n) is 6.86. The van der Waals surface area contributed by atoms with Gasteiger partial charge >= 0.3 is 0 Å². The molecule has 1 atom stereocenters. The molecule has 5 aromatic rings. The van der Waals surface area contributed by atoms with E-state index in [0.717, 1.165) is 51.2 Å². The molecule has 2 aliphatic heterocycles. The van der Waals surface area contributed by atoms with E-state index in [1.54, 1.807) is 0 Å². The van der Waals surface area contributed by atoms with Crippen molar-refractivity contribution in [2.45, 2.75) is 13.0 Å².